The molecule has 0 spiro atoms. The molecule has 0 radical (unpaired) electrons. The highest BCUT2D eigenvalue weighted by Crippen LogP contribution is 2.16. The van der Waals surface area contributed by atoms with Crippen molar-refractivity contribution in [2.24, 2.45) is 5.92 Å². The second-order valence-electron chi connectivity index (χ2n) is 5.15. The minimum atomic E-state index is 0.00178. The summed E-state index contributed by atoms with van der Waals surface area (Å²) in [6, 6.07) is 1.72. The Labute approximate surface area is 108 Å². The lowest BCUT2D eigenvalue weighted by atomic mass is 9.99. The molecule has 1 aromatic rings. The molecule has 2 heterocycles. The predicted octanol–water partition coefficient (Wildman–Crippen LogP) is 2.04. The first-order valence-electron chi connectivity index (χ1n) is 6.59. The topological polar surface area (TPSA) is 58.4 Å². The number of amides is 1. The molecule has 18 heavy (non-hydrogen) atoms. The molecule has 1 aliphatic rings. The number of hydrogen-bond acceptors (Lipinski definition) is 4. The molecule has 1 amide bonds. The summed E-state index contributed by atoms with van der Waals surface area (Å²) in [6.07, 6.45) is 2.99. The minimum absolute atomic E-state index is 0.00178. The Balaban J connectivity index is 1.68. The van der Waals surface area contributed by atoms with Gasteiger partial charge in [-0.1, -0.05) is 12.1 Å². The lowest BCUT2D eigenvalue weighted by Gasteiger charge is -2.29. The standard InChI is InChI=1S/C13H21N3O2/c1-10-3-6-16(7-4-10)8-5-13(17)14-12-9-11(2)18-15-12/h9-10H,3-8H2,1-2H3,(H,14,15,17). The van der Waals surface area contributed by atoms with Crippen LogP contribution in [-0.4, -0.2) is 35.6 Å². The molecule has 1 saturated heterocycles. The third-order valence-corrected chi connectivity index (χ3v) is 3.43. The molecular weight excluding hydrogens is 230 g/mol. The van der Waals surface area contributed by atoms with Gasteiger partial charge in [0, 0.05) is 19.0 Å². The number of anilines is 1. The van der Waals surface area contributed by atoms with Crippen LogP contribution in [0.3, 0.4) is 0 Å². The molecule has 2 rings (SSSR count). The first kappa shape index (κ1) is 13.1. The van der Waals surface area contributed by atoms with Gasteiger partial charge in [-0.2, -0.15) is 0 Å². The van der Waals surface area contributed by atoms with Crippen molar-refractivity contribution in [2.45, 2.75) is 33.1 Å². The summed E-state index contributed by atoms with van der Waals surface area (Å²) in [6.45, 7) is 7.14. The van der Waals surface area contributed by atoms with Gasteiger partial charge in [0.05, 0.1) is 0 Å². The van der Waals surface area contributed by atoms with Crippen LogP contribution >= 0.6 is 0 Å². The Bertz CT molecular complexity index is 395. The smallest absolute Gasteiger partial charge is 0.226 e. The van der Waals surface area contributed by atoms with Gasteiger partial charge in [-0.25, -0.2) is 0 Å². The second-order valence-corrected chi connectivity index (χ2v) is 5.15. The molecule has 0 saturated carbocycles. The van der Waals surface area contributed by atoms with E-state index in [1.165, 1.54) is 12.8 Å². The Morgan fingerprint density at radius 3 is 2.89 bits per heavy atom. The number of carbonyl (C=O) groups is 1. The normalized spacial score (nSPS) is 17.9. The average molecular weight is 251 g/mol. The van der Waals surface area contributed by atoms with Gasteiger partial charge in [-0.15, -0.1) is 0 Å². The SMILES string of the molecule is Cc1cc(NC(=O)CCN2CCC(C)CC2)no1. The van der Waals surface area contributed by atoms with Gasteiger partial charge in [0.25, 0.3) is 0 Å². The first-order chi connectivity index (χ1) is 8.63. The van der Waals surface area contributed by atoms with E-state index >= 15 is 0 Å². The molecule has 0 aromatic carbocycles. The van der Waals surface area contributed by atoms with Gasteiger partial charge in [0.2, 0.25) is 5.91 Å². The average Bonchev–Trinajstić information content (AvgIpc) is 2.74. The molecule has 0 atom stereocenters. The Morgan fingerprint density at radius 2 is 2.28 bits per heavy atom. The van der Waals surface area contributed by atoms with E-state index in [0.717, 1.165) is 25.6 Å². The number of aromatic nitrogens is 1. The van der Waals surface area contributed by atoms with Crippen LogP contribution < -0.4 is 5.32 Å². The van der Waals surface area contributed by atoms with E-state index in [-0.39, 0.29) is 5.91 Å². The summed E-state index contributed by atoms with van der Waals surface area (Å²) < 4.78 is 4.90. The number of hydrogen-bond donors (Lipinski definition) is 1. The zero-order valence-electron chi connectivity index (χ0n) is 11.1. The summed E-state index contributed by atoms with van der Waals surface area (Å²) in [4.78, 5) is 14.1. The first-order valence-corrected chi connectivity index (χ1v) is 6.59. The van der Waals surface area contributed by atoms with Crippen molar-refractivity contribution < 1.29 is 9.32 Å². The molecule has 5 heteroatoms. The quantitative estimate of drug-likeness (QED) is 0.889. The van der Waals surface area contributed by atoms with Gasteiger partial charge in [-0.05, 0) is 38.8 Å². The zero-order chi connectivity index (χ0) is 13.0. The van der Waals surface area contributed by atoms with Gasteiger partial charge in [0.15, 0.2) is 5.82 Å². The van der Waals surface area contributed by atoms with Crippen LogP contribution in [0.1, 0.15) is 31.9 Å². The van der Waals surface area contributed by atoms with Crippen molar-refractivity contribution in [1.82, 2.24) is 10.1 Å². The van der Waals surface area contributed by atoms with Crippen LogP contribution in [-0.2, 0) is 4.79 Å². The fourth-order valence-electron chi connectivity index (χ4n) is 2.18. The lowest BCUT2D eigenvalue weighted by molar-refractivity contribution is -0.116. The largest absolute Gasteiger partial charge is 0.360 e. The molecule has 1 fully saturated rings. The van der Waals surface area contributed by atoms with Crippen LogP contribution in [0.5, 0.6) is 0 Å². The number of carbonyl (C=O) groups excluding carboxylic acids is 1. The molecular formula is C13H21N3O2. The fraction of sp³-hybridized carbons (Fsp3) is 0.692. The van der Waals surface area contributed by atoms with Gasteiger partial charge >= 0.3 is 0 Å². The van der Waals surface area contributed by atoms with E-state index in [0.29, 0.717) is 18.0 Å². The van der Waals surface area contributed by atoms with Crippen LogP contribution in [0.2, 0.25) is 0 Å². The number of rotatable bonds is 4. The Kier molecular flexibility index (Phi) is 4.36. The molecule has 0 unspecified atom stereocenters. The van der Waals surface area contributed by atoms with Crippen molar-refractivity contribution in [3.63, 3.8) is 0 Å². The van der Waals surface area contributed by atoms with E-state index in [4.69, 9.17) is 4.52 Å². The Morgan fingerprint density at radius 1 is 1.56 bits per heavy atom. The highest BCUT2D eigenvalue weighted by molar-refractivity contribution is 5.89. The van der Waals surface area contributed by atoms with E-state index in [9.17, 15) is 4.79 Å². The molecule has 0 aliphatic carbocycles. The van der Waals surface area contributed by atoms with Crippen LogP contribution in [0, 0.1) is 12.8 Å². The van der Waals surface area contributed by atoms with Crippen LogP contribution in [0.4, 0.5) is 5.82 Å². The summed E-state index contributed by atoms with van der Waals surface area (Å²) >= 11 is 0. The van der Waals surface area contributed by atoms with Crippen molar-refractivity contribution >= 4 is 11.7 Å². The van der Waals surface area contributed by atoms with E-state index in [1.54, 1.807) is 13.0 Å². The van der Waals surface area contributed by atoms with Crippen LogP contribution in [0.25, 0.3) is 0 Å². The number of piperidine rings is 1. The maximum absolute atomic E-state index is 11.7. The second kappa shape index (κ2) is 6.00. The minimum Gasteiger partial charge on any atom is -0.360 e. The van der Waals surface area contributed by atoms with E-state index in [2.05, 4.69) is 22.3 Å². The summed E-state index contributed by atoms with van der Waals surface area (Å²) in [5.41, 5.74) is 0. The maximum atomic E-state index is 11.7. The number of nitrogens with zero attached hydrogens (tertiary/aromatic N) is 2. The summed E-state index contributed by atoms with van der Waals surface area (Å²) in [5.74, 6) is 2.04. The van der Waals surface area contributed by atoms with Crippen molar-refractivity contribution in [3.05, 3.63) is 11.8 Å². The van der Waals surface area contributed by atoms with E-state index in [1.807, 2.05) is 0 Å². The van der Waals surface area contributed by atoms with Crippen LogP contribution in [0.15, 0.2) is 10.6 Å². The van der Waals surface area contributed by atoms with Crippen molar-refractivity contribution in [1.29, 1.82) is 0 Å². The van der Waals surface area contributed by atoms with Gasteiger partial charge < -0.3 is 14.7 Å². The Hall–Kier alpha value is -1.36. The fourth-order valence-corrected chi connectivity index (χ4v) is 2.18. The zero-order valence-corrected chi connectivity index (χ0v) is 11.1. The van der Waals surface area contributed by atoms with Gasteiger partial charge in [-0.3, -0.25) is 4.79 Å². The lowest BCUT2D eigenvalue weighted by Crippen LogP contribution is -2.35. The van der Waals surface area contributed by atoms with Gasteiger partial charge in [0.1, 0.15) is 5.76 Å². The number of nitrogens with one attached hydrogen (secondary N) is 1. The predicted molar refractivity (Wildman–Crippen MR) is 69.3 cm³/mol. The third-order valence-electron chi connectivity index (χ3n) is 3.43. The molecule has 100 valence electrons. The summed E-state index contributed by atoms with van der Waals surface area (Å²) in [7, 11) is 0. The van der Waals surface area contributed by atoms with E-state index < -0.39 is 0 Å². The number of aryl methyl sites for hydroxylation is 1. The molecule has 0 bridgehead atoms. The highest BCUT2D eigenvalue weighted by atomic mass is 16.5. The molecule has 1 aromatic heterocycles. The molecule has 5 nitrogen and oxygen atoms in total. The molecule has 1 N–H and O–H groups in total. The third kappa shape index (κ3) is 3.84. The maximum Gasteiger partial charge on any atom is 0.226 e. The number of likely N-dealkylation sites (tertiary alicyclic amines) is 1. The van der Waals surface area contributed by atoms with Crippen molar-refractivity contribution in [2.75, 3.05) is 25.0 Å². The monoisotopic (exact) mass is 251 g/mol. The highest BCUT2D eigenvalue weighted by Gasteiger charge is 2.16. The van der Waals surface area contributed by atoms with Crippen molar-refractivity contribution in [3.8, 4) is 0 Å². The summed E-state index contributed by atoms with van der Waals surface area (Å²) in [5, 5.41) is 6.48. The molecule has 1 aliphatic heterocycles.